The smallest absolute Gasteiger partial charge is 0.221 e. The van der Waals surface area contributed by atoms with E-state index < -0.39 is 0 Å². The van der Waals surface area contributed by atoms with Crippen LogP contribution in [0.15, 0.2) is 29.3 Å². The maximum Gasteiger partial charge on any atom is 0.221 e. The Bertz CT molecular complexity index is 666. The number of rotatable bonds is 10. The van der Waals surface area contributed by atoms with Crippen LogP contribution < -0.4 is 20.7 Å². The first-order valence-electron chi connectivity index (χ1n) is 10.8. The molecule has 0 spiro atoms. The van der Waals surface area contributed by atoms with E-state index in [-0.39, 0.29) is 42.0 Å². The fourth-order valence-corrected chi connectivity index (χ4v) is 3.33. The molecule has 0 saturated carbocycles. The number of carbonyl (C=O) groups is 1. The average Bonchev–Trinajstić information content (AvgIpc) is 2.79. The van der Waals surface area contributed by atoms with Gasteiger partial charge in [-0.1, -0.05) is 19.1 Å². The molecule has 1 aromatic rings. The van der Waals surface area contributed by atoms with Crippen LogP contribution in [0.2, 0.25) is 0 Å². The van der Waals surface area contributed by atoms with Gasteiger partial charge in [-0.2, -0.15) is 0 Å². The minimum Gasteiger partial charge on any atom is -0.497 e. The maximum absolute atomic E-state index is 12.0. The van der Waals surface area contributed by atoms with Crippen LogP contribution in [-0.2, 0) is 9.53 Å². The van der Waals surface area contributed by atoms with E-state index in [0.717, 1.165) is 38.5 Å². The summed E-state index contributed by atoms with van der Waals surface area (Å²) in [6, 6.07) is 8.59. The van der Waals surface area contributed by atoms with Crippen molar-refractivity contribution in [3.05, 3.63) is 29.8 Å². The third-order valence-corrected chi connectivity index (χ3v) is 5.34. The molecule has 1 fully saturated rings. The molecule has 2 atom stereocenters. The highest BCUT2D eigenvalue weighted by molar-refractivity contribution is 14.0. The van der Waals surface area contributed by atoms with E-state index >= 15 is 0 Å². The van der Waals surface area contributed by atoms with Crippen LogP contribution in [0, 0.1) is 0 Å². The molecular formula is C22H38IN5O3. The minimum absolute atomic E-state index is 0. The number of nitrogens with one attached hydrogen (secondary N) is 3. The summed E-state index contributed by atoms with van der Waals surface area (Å²) in [5.41, 5.74) is 1.22. The molecule has 0 aliphatic carbocycles. The molecule has 1 aliphatic rings. The molecule has 1 amide bonds. The van der Waals surface area contributed by atoms with Gasteiger partial charge in [0.25, 0.3) is 0 Å². The van der Waals surface area contributed by atoms with Crippen molar-refractivity contribution < 1.29 is 14.3 Å². The van der Waals surface area contributed by atoms with Gasteiger partial charge >= 0.3 is 0 Å². The number of hydrogen-bond donors (Lipinski definition) is 3. The van der Waals surface area contributed by atoms with E-state index in [1.807, 2.05) is 19.1 Å². The second-order valence-electron chi connectivity index (χ2n) is 7.44. The fourth-order valence-electron chi connectivity index (χ4n) is 3.33. The van der Waals surface area contributed by atoms with E-state index in [4.69, 9.17) is 9.47 Å². The molecule has 9 heteroatoms. The molecule has 1 aliphatic heterocycles. The van der Waals surface area contributed by atoms with E-state index in [1.54, 1.807) is 14.2 Å². The van der Waals surface area contributed by atoms with E-state index in [2.05, 4.69) is 44.9 Å². The van der Waals surface area contributed by atoms with Crippen molar-refractivity contribution in [3.63, 3.8) is 0 Å². The largest absolute Gasteiger partial charge is 0.497 e. The van der Waals surface area contributed by atoms with Gasteiger partial charge in [0.05, 0.1) is 26.4 Å². The molecule has 0 radical (unpaired) electrons. The Morgan fingerprint density at radius 3 is 2.48 bits per heavy atom. The molecule has 1 aromatic carbocycles. The van der Waals surface area contributed by atoms with Crippen LogP contribution in [-0.4, -0.2) is 76.4 Å². The first-order chi connectivity index (χ1) is 14.6. The second-order valence-corrected chi connectivity index (χ2v) is 7.44. The lowest BCUT2D eigenvalue weighted by molar-refractivity contribution is -0.121. The number of nitrogens with zero attached hydrogens (tertiary/aromatic N) is 2. The Hall–Kier alpha value is -1.59. The molecule has 3 N–H and O–H groups in total. The number of hydrogen-bond acceptors (Lipinski definition) is 5. The standard InChI is InChI=1S/C22H37N5O3.HI/c1-5-17(2)26-21(28)10-11-24-22(23-3)25-16-20(27-12-14-30-15-13-27)18-6-8-19(29-4)9-7-18;/h6-9,17,20H,5,10-16H2,1-4H3,(H,26,28)(H2,23,24,25);1H. The number of methoxy groups -OCH3 is 1. The number of carbonyl (C=O) groups excluding carboxylic acids is 1. The number of halogens is 1. The van der Waals surface area contributed by atoms with Crippen molar-refractivity contribution in [1.29, 1.82) is 0 Å². The lowest BCUT2D eigenvalue weighted by atomic mass is 10.0. The van der Waals surface area contributed by atoms with Crippen molar-refractivity contribution in [3.8, 4) is 5.75 Å². The summed E-state index contributed by atoms with van der Waals surface area (Å²) < 4.78 is 10.8. The van der Waals surface area contributed by atoms with E-state index in [0.29, 0.717) is 25.5 Å². The Balaban J connectivity index is 0.00000480. The van der Waals surface area contributed by atoms with Crippen LogP contribution in [0.3, 0.4) is 0 Å². The minimum atomic E-state index is 0. The fraction of sp³-hybridized carbons (Fsp3) is 0.636. The summed E-state index contributed by atoms with van der Waals surface area (Å²) in [7, 11) is 3.42. The second kappa shape index (κ2) is 15.3. The molecule has 1 heterocycles. The zero-order chi connectivity index (χ0) is 21.8. The predicted octanol–water partition coefficient (Wildman–Crippen LogP) is 2.16. The van der Waals surface area contributed by atoms with Crippen molar-refractivity contribution >= 4 is 35.8 Å². The zero-order valence-corrected chi connectivity index (χ0v) is 21.5. The molecule has 8 nitrogen and oxygen atoms in total. The quantitative estimate of drug-likeness (QED) is 0.237. The lowest BCUT2D eigenvalue weighted by Gasteiger charge is -2.35. The van der Waals surface area contributed by atoms with Gasteiger partial charge in [0.15, 0.2) is 5.96 Å². The number of amides is 1. The van der Waals surface area contributed by atoms with Crippen LogP contribution >= 0.6 is 24.0 Å². The summed E-state index contributed by atoms with van der Waals surface area (Å²) in [5, 5.41) is 9.62. The Morgan fingerprint density at radius 2 is 1.90 bits per heavy atom. The molecule has 0 aromatic heterocycles. The Labute approximate surface area is 203 Å². The van der Waals surface area contributed by atoms with Gasteiger partial charge in [0.1, 0.15) is 5.75 Å². The van der Waals surface area contributed by atoms with E-state index in [1.165, 1.54) is 5.56 Å². The van der Waals surface area contributed by atoms with Crippen LogP contribution in [0.1, 0.15) is 38.3 Å². The maximum atomic E-state index is 12.0. The van der Waals surface area contributed by atoms with Crippen molar-refractivity contribution in [2.24, 2.45) is 4.99 Å². The third kappa shape index (κ3) is 9.61. The van der Waals surface area contributed by atoms with E-state index in [9.17, 15) is 4.79 Å². The normalized spacial score (nSPS) is 16.6. The van der Waals surface area contributed by atoms with Gasteiger partial charge in [-0.05, 0) is 31.0 Å². The zero-order valence-electron chi connectivity index (χ0n) is 19.1. The van der Waals surface area contributed by atoms with Crippen molar-refractivity contribution in [2.75, 3.05) is 53.6 Å². The van der Waals surface area contributed by atoms with Crippen molar-refractivity contribution in [1.82, 2.24) is 20.9 Å². The SMILES string of the molecule is CCC(C)NC(=O)CCNC(=NC)NCC(c1ccc(OC)cc1)N1CCOCC1.I. The molecule has 31 heavy (non-hydrogen) atoms. The summed E-state index contributed by atoms with van der Waals surface area (Å²) in [6.07, 6.45) is 1.34. The number of aliphatic imine (C=N–C) groups is 1. The Morgan fingerprint density at radius 1 is 1.23 bits per heavy atom. The molecular weight excluding hydrogens is 509 g/mol. The number of benzene rings is 1. The van der Waals surface area contributed by atoms with Gasteiger partial charge in [-0.25, -0.2) is 0 Å². The number of ether oxygens (including phenoxy) is 2. The first kappa shape index (κ1) is 27.4. The summed E-state index contributed by atoms with van der Waals surface area (Å²) >= 11 is 0. The predicted molar refractivity (Wildman–Crippen MR) is 135 cm³/mol. The molecule has 2 unspecified atom stereocenters. The Kier molecular flexibility index (Phi) is 13.5. The van der Waals surface area contributed by atoms with Gasteiger partial charge in [-0.15, -0.1) is 24.0 Å². The summed E-state index contributed by atoms with van der Waals surface area (Å²) in [6.45, 7) is 8.56. The van der Waals surface area contributed by atoms with Gasteiger partial charge in [0, 0.05) is 45.7 Å². The third-order valence-electron chi connectivity index (χ3n) is 5.34. The highest BCUT2D eigenvalue weighted by Crippen LogP contribution is 2.23. The monoisotopic (exact) mass is 547 g/mol. The summed E-state index contributed by atoms with van der Waals surface area (Å²) in [5.74, 6) is 1.59. The van der Waals surface area contributed by atoms with Crippen LogP contribution in [0.5, 0.6) is 5.75 Å². The molecule has 1 saturated heterocycles. The summed E-state index contributed by atoms with van der Waals surface area (Å²) in [4.78, 5) is 18.7. The number of morpholine rings is 1. The average molecular weight is 547 g/mol. The van der Waals surface area contributed by atoms with Gasteiger partial charge in [0.2, 0.25) is 5.91 Å². The van der Waals surface area contributed by atoms with Gasteiger partial charge in [-0.3, -0.25) is 14.7 Å². The number of guanidine groups is 1. The highest BCUT2D eigenvalue weighted by Gasteiger charge is 2.23. The highest BCUT2D eigenvalue weighted by atomic mass is 127. The molecule has 176 valence electrons. The molecule has 0 bridgehead atoms. The van der Waals surface area contributed by atoms with Gasteiger partial charge < -0.3 is 25.4 Å². The van der Waals surface area contributed by atoms with Crippen LogP contribution in [0.25, 0.3) is 0 Å². The lowest BCUT2D eigenvalue weighted by Crippen LogP contribution is -2.46. The van der Waals surface area contributed by atoms with Crippen molar-refractivity contribution in [2.45, 2.75) is 38.8 Å². The molecule has 2 rings (SSSR count). The topological polar surface area (TPSA) is 87.2 Å². The first-order valence-corrected chi connectivity index (χ1v) is 10.8. The van der Waals surface area contributed by atoms with Crippen LogP contribution in [0.4, 0.5) is 0 Å².